The molecule has 5 nitrogen and oxygen atoms in total. The number of nitriles is 1. The van der Waals surface area contributed by atoms with Crippen LogP contribution < -0.4 is 0 Å². The normalized spacial score (nSPS) is 12.2. The molecule has 0 spiro atoms. The number of hydrogen-bond acceptors (Lipinski definition) is 4. The van der Waals surface area contributed by atoms with Crippen LogP contribution in [0.1, 0.15) is 37.6 Å². The van der Waals surface area contributed by atoms with E-state index in [2.05, 4.69) is 48.4 Å². The number of aryl methyl sites for hydroxylation is 1. The number of aromatic nitrogens is 4. The van der Waals surface area contributed by atoms with Crippen LogP contribution in [-0.4, -0.2) is 19.5 Å². The van der Waals surface area contributed by atoms with Gasteiger partial charge in [0, 0.05) is 11.6 Å². The lowest BCUT2D eigenvalue weighted by molar-refractivity contribution is 0.771. The van der Waals surface area contributed by atoms with Crippen molar-refractivity contribution < 1.29 is 0 Å². The standard InChI is InChI=1S/C21H21N5/c1-6-17(15(5)13(2)3)20-19(8-22)18-7-14(4)9-25-21(18)26(20)16-10-23-12-24-11-16/h6-7,9-13H,1H2,2-5H3. The minimum absolute atomic E-state index is 0.322. The maximum atomic E-state index is 9.95. The van der Waals surface area contributed by atoms with Crippen molar-refractivity contribution in [1.29, 1.82) is 5.26 Å². The molecular formula is C21H21N5. The van der Waals surface area contributed by atoms with E-state index in [1.807, 2.05) is 23.6 Å². The molecule has 130 valence electrons. The number of fused-ring (bicyclic) bond motifs is 1. The van der Waals surface area contributed by atoms with E-state index < -0.39 is 0 Å². The smallest absolute Gasteiger partial charge is 0.146 e. The van der Waals surface area contributed by atoms with Crippen molar-refractivity contribution in [2.24, 2.45) is 5.92 Å². The van der Waals surface area contributed by atoms with Gasteiger partial charge in [0.25, 0.3) is 0 Å². The molecule has 3 heterocycles. The minimum Gasteiger partial charge on any atom is -0.289 e. The summed E-state index contributed by atoms with van der Waals surface area (Å²) in [6, 6.07) is 4.38. The first-order valence-electron chi connectivity index (χ1n) is 8.49. The summed E-state index contributed by atoms with van der Waals surface area (Å²) in [4.78, 5) is 12.9. The Morgan fingerprint density at radius 1 is 1.27 bits per heavy atom. The summed E-state index contributed by atoms with van der Waals surface area (Å²) in [5.74, 6) is 0.322. The third-order valence-corrected chi connectivity index (χ3v) is 4.61. The summed E-state index contributed by atoms with van der Waals surface area (Å²) >= 11 is 0. The van der Waals surface area contributed by atoms with E-state index in [1.54, 1.807) is 18.6 Å². The van der Waals surface area contributed by atoms with Crippen LogP contribution in [0.2, 0.25) is 0 Å². The van der Waals surface area contributed by atoms with Crippen LogP contribution in [-0.2, 0) is 0 Å². The zero-order valence-electron chi connectivity index (χ0n) is 15.5. The first kappa shape index (κ1) is 17.6. The average Bonchev–Trinajstić information content (AvgIpc) is 2.96. The SMILES string of the molecule is C=CC(=C(C)C(C)C)c1c(C#N)c2cc(C)cnc2n1-c1cncnc1. The molecule has 3 rings (SSSR count). The summed E-state index contributed by atoms with van der Waals surface area (Å²) < 4.78 is 1.95. The lowest BCUT2D eigenvalue weighted by Crippen LogP contribution is -2.05. The van der Waals surface area contributed by atoms with Gasteiger partial charge in [-0.3, -0.25) is 4.57 Å². The molecule has 0 aliphatic rings. The molecule has 3 aromatic rings. The van der Waals surface area contributed by atoms with E-state index in [9.17, 15) is 5.26 Å². The Hall–Kier alpha value is -3.26. The van der Waals surface area contributed by atoms with E-state index in [0.29, 0.717) is 17.1 Å². The molecule has 0 fully saturated rings. The van der Waals surface area contributed by atoms with Gasteiger partial charge in [0.1, 0.15) is 18.0 Å². The molecule has 0 N–H and O–H groups in total. The number of hydrogen-bond donors (Lipinski definition) is 0. The Balaban J connectivity index is 2.54. The molecule has 0 bridgehead atoms. The summed E-state index contributed by atoms with van der Waals surface area (Å²) in [6.07, 6.45) is 8.56. The topological polar surface area (TPSA) is 67.4 Å². The van der Waals surface area contributed by atoms with Crippen molar-refractivity contribution in [2.75, 3.05) is 0 Å². The summed E-state index contributed by atoms with van der Waals surface area (Å²) in [5.41, 5.74) is 5.97. The lowest BCUT2D eigenvalue weighted by atomic mass is 9.94. The molecular weight excluding hydrogens is 322 g/mol. The molecule has 3 aromatic heterocycles. The molecule has 0 unspecified atom stereocenters. The highest BCUT2D eigenvalue weighted by molar-refractivity contribution is 5.94. The van der Waals surface area contributed by atoms with Crippen molar-refractivity contribution in [3.05, 3.63) is 66.0 Å². The van der Waals surface area contributed by atoms with Crippen molar-refractivity contribution in [1.82, 2.24) is 19.5 Å². The average molecular weight is 343 g/mol. The van der Waals surface area contributed by atoms with Crippen molar-refractivity contribution in [2.45, 2.75) is 27.7 Å². The second-order valence-electron chi connectivity index (χ2n) is 6.61. The van der Waals surface area contributed by atoms with Crippen LogP contribution in [0.4, 0.5) is 0 Å². The molecule has 0 atom stereocenters. The van der Waals surface area contributed by atoms with Gasteiger partial charge in [-0.15, -0.1) is 0 Å². The molecule has 0 amide bonds. The fourth-order valence-electron chi connectivity index (χ4n) is 3.05. The highest BCUT2D eigenvalue weighted by Crippen LogP contribution is 2.35. The van der Waals surface area contributed by atoms with Crippen LogP contribution in [0.3, 0.4) is 0 Å². The fraction of sp³-hybridized carbons (Fsp3) is 0.238. The predicted octanol–water partition coefficient (Wildman–Crippen LogP) is 4.61. The highest BCUT2D eigenvalue weighted by atomic mass is 15.1. The third kappa shape index (κ3) is 2.80. The monoisotopic (exact) mass is 343 g/mol. The summed E-state index contributed by atoms with van der Waals surface area (Å²) in [5, 5.41) is 10.8. The number of allylic oxidation sites excluding steroid dienone is 3. The molecule has 0 aliphatic heterocycles. The molecule has 0 radical (unpaired) electrons. The number of nitrogens with zero attached hydrogens (tertiary/aromatic N) is 5. The van der Waals surface area contributed by atoms with Crippen molar-refractivity contribution >= 4 is 16.6 Å². The van der Waals surface area contributed by atoms with E-state index in [4.69, 9.17) is 0 Å². The Bertz CT molecular complexity index is 1050. The number of rotatable bonds is 4. The van der Waals surface area contributed by atoms with E-state index in [1.165, 1.54) is 6.33 Å². The number of pyridine rings is 1. The second kappa shape index (κ2) is 6.93. The van der Waals surface area contributed by atoms with Gasteiger partial charge in [0.15, 0.2) is 0 Å². The quantitative estimate of drug-likeness (QED) is 0.649. The first-order chi connectivity index (χ1) is 12.5. The fourth-order valence-corrected chi connectivity index (χ4v) is 3.05. The van der Waals surface area contributed by atoms with Crippen LogP contribution in [0.25, 0.3) is 22.3 Å². The molecule has 0 saturated heterocycles. The molecule has 0 saturated carbocycles. The Labute approximate surface area is 153 Å². The molecule has 5 heteroatoms. The first-order valence-corrected chi connectivity index (χ1v) is 8.49. The van der Waals surface area contributed by atoms with Gasteiger partial charge in [-0.1, -0.05) is 32.1 Å². The van der Waals surface area contributed by atoms with Gasteiger partial charge in [0.2, 0.25) is 0 Å². The van der Waals surface area contributed by atoms with Gasteiger partial charge in [-0.05, 0) is 37.0 Å². The van der Waals surface area contributed by atoms with Gasteiger partial charge in [0.05, 0.1) is 29.3 Å². The summed E-state index contributed by atoms with van der Waals surface area (Å²) in [6.45, 7) is 12.3. The van der Waals surface area contributed by atoms with Crippen molar-refractivity contribution in [3.63, 3.8) is 0 Å². The maximum Gasteiger partial charge on any atom is 0.146 e. The van der Waals surface area contributed by atoms with E-state index >= 15 is 0 Å². The lowest BCUT2D eigenvalue weighted by Gasteiger charge is -2.15. The molecule has 0 aromatic carbocycles. The summed E-state index contributed by atoms with van der Waals surface area (Å²) in [7, 11) is 0. The Kier molecular flexibility index (Phi) is 4.68. The Morgan fingerprint density at radius 3 is 2.54 bits per heavy atom. The molecule has 26 heavy (non-hydrogen) atoms. The van der Waals surface area contributed by atoms with E-state index in [-0.39, 0.29) is 0 Å². The van der Waals surface area contributed by atoms with Crippen LogP contribution in [0.15, 0.2) is 49.2 Å². The van der Waals surface area contributed by atoms with Gasteiger partial charge in [-0.25, -0.2) is 15.0 Å². The van der Waals surface area contributed by atoms with Gasteiger partial charge < -0.3 is 0 Å². The van der Waals surface area contributed by atoms with Crippen LogP contribution in [0.5, 0.6) is 0 Å². The molecule has 0 aliphatic carbocycles. The predicted molar refractivity (Wildman–Crippen MR) is 104 cm³/mol. The minimum atomic E-state index is 0.322. The van der Waals surface area contributed by atoms with E-state index in [0.717, 1.165) is 33.5 Å². The van der Waals surface area contributed by atoms with Crippen molar-refractivity contribution in [3.8, 4) is 11.8 Å². The second-order valence-corrected chi connectivity index (χ2v) is 6.61. The maximum absolute atomic E-state index is 9.95. The van der Waals surface area contributed by atoms with Gasteiger partial charge >= 0.3 is 0 Å². The third-order valence-electron chi connectivity index (χ3n) is 4.61. The van der Waals surface area contributed by atoms with Crippen LogP contribution >= 0.6 is 0 Å². The zero-order valence-corrected chi connectivity index (χ0v) is 15.5. The van der Waals surface area contributed by atoms with Crippen LogP contribution in [0, 0.1) is 24.2 Å². The largest absolute Gasteiger partial charge is 0.289 e. The Morgan fingerprint density at radius 2 is 1.96 bits per heavy atom. The highest BCUT2D eigenvalue weighted by Gasteiger charge is 2.23. The zero-order chi connectivity index (χ0) is 18.8. The van der Waals surface area contributed by atoms with Gasteiger partial charge in [-0.2, -0.15) is 5.26 Å².